The lowest BCUT2D eigenvalue weighted by Crippen LogP contribution is -2.16. The highest BCUT2D eigenvalue weighted by atomic mass is 35.5. The number of benzene rings is 1. The minimum atomic E-state index is -0.514. The lowest BCUT2D eigenvalue weighted by molar-refractivity contribution is -0.115. The quantitative estimate of drug-likeness (QED) is 0.797. The van der Waals surface area contributed by atoms with Gasteiger partial charge in [-0.2, -0.15) is 0 Å². The lowest BCUT2D eigenvalue weighted by atomic mass is 10.1. The van der Waals surface area contributed by atoms with Gasteiger partial charge in [-0.3, -0.25) is 9.36 Å². The average molecular weight is 332 g/mol. The standard InChI is InChI=1S/C15H11ClFN5O/c16-12-2-1-3-13(17)11(12)6-14(23)21-10-7-19-15(20-8-10)22-5-4-18-9-22/h1-5,7-9H,6H2,(H,21,23). The summed E-state index contributed by atoms with van der Waals surface area (Å²) in [5.41, 5.74) is 0.564. The van der Waals surface area contributed by atoms with E-state index >= 15 is 0 Å². The molecule has 0 radical (unpaired) electrons. The molecule has 0 fully saturated rings. The molecule has 1 N–H and O–H groups in total. The van der Waals surface area contributed by atoms with Crippen LogP contribution in [-0.4, -0.2) is 25.4 Å². The minimum absolute atomic E-state index is 0.155. The van der Waals surface area contributed by atoms with Crippen LogP contribution in [0.4, 0.5) is 10.1 Å². The normalized spacial score (nSPS) is 10.5. The summed E-state index contributed by atoms with van der Waals surface area (Å²) in [5, 5.41) is 2.82. The number of imidazole rings is 1. The van der Waals surface area contributed by atoms with Gasteiger partial charge < -0.3 is 5.32 Å². The van der Waals surface area contributed by atoms with Crippen LogP contribution in [0.15, 0.2) is 49.3 Å². The van der Waals surface area contributed by atoms with E-state index in [4.69, 9.17) is 11.6 Å². The van der Waals surface area contributed by atoms with Crippen LogP contribution in [0, 0.1) is 5.82 Å². The van der Waals surface area contributed by atoms with Gasteiger partial charge in [-0.05, 0) is 12.1 Å². The van der Waals surface area contributed by atoms with Gasteiger partial charge in [-0.1, -0.05) is 17.7 Å². The van der Waals surface area contributed by atoms with Gasteiger partial charge in [-0.15, -0.1) is 0 Å². The molecule has 3 rings (SSSR count). The molecule has 6 nitrogen and oxygen atoms in total. The number of hydrogen-bond acceptors (Lipinski definition) is 4. The van der Waals surface area contributed by atoms with Crippen molar-refractivity contribution in [1.29, 1.82) is 0 Å². The summed E-state index contributed by atoms with van der Waals surface area (Å²) in [6, 6.07) is 4.29. The van der Waals surface area contributed by atoms with E-state index in [9.17, 15) is 9.18 Å². The third-order valence-electron chi connectivity index (χ3n) is 3.06. The van der Waals surface area contributed by atoms with Crippen molar-refractivity contribution in [3.8, 4) is 5.95 Å². The zero-order chi connectivity index (χ0) is 16.2. The molecule has 0 aliphatic carbocycles. The van der Waals surface area contributed by atoms with Gasteiger partial charge in [0.15, 0.2) is 0 Å². The molecule has 1 aromatic carbocycles. The Morgan fingerprint density at radius 3 is 2.74 bits per heavy atom. The second kappa shape index (κ2) is 6.53. The van der Waals surface area contributed by atoms with E-state index in [2.05, 4.69) is 20.3 Å². The molecule has 0 saturated carbocycles. The van der Waals surface area contributed by atoms with Gasteiger partial charge in [0.1, 0.15) is 12.1 Å². The number of rotatable bonds is 4. The molecule has 2 heterocycles. The van der Waals surface area contributed by atoms with Crippen molar-refractivity contribution in [3.05, 3.63) is 65.7 Å². The first-order chi connectivity index (χ1) is 11.1. The van der Waals surface area contributed by atoms with E-state index in [1.54, 1.807) is 23.3 Å². The largest absolute Gasteiger partial charge is 0.323 e. The van der Waals surface area contributed by atoms with Gasteiger partial charge >= 0.3 is 0 Å². The fraction of sp³-hybridized carbons (Fsp3) is 0.0667. The van der Waals surface area contributed by atoms with Crippen molar-refractivity contribution in [2.75, 3.05) is 5.32 Å². The maximum atomic E-state index is 13.7. The SMILES string of the molecule is O=C(Cc1c(F)cccc1Cl)Nc1cnc(-n2ccnc2)nc1. The molecule has 0 saturated heterocycles. The Hall–Kier alpha value is -2.80. The van der Waals surface area contributed by atoms with E-state index in [1.807, 2.05) is 0 Å². The third-order valence-corrected chi connectivity index (χ3v) is 3.41. The zero-order valence-corrected chi connectivity index (χ0v) is 12.5. The molecule has 0 spiro atoms. The Morgan fingerprint density at radius 2 is 2.09 bits per heavy atom. The maximum absolute atomic E-state index is 13.7. The Kier molecular flexibility index (Phi) is 4.29. The molecular formula is C15H11ClFN5O. The monoisotopic (exact) mass is 331 g/mol. The van der Waals surface area contributed by atoms with Crippen LogP contribution >= 0.6 is 11.6 Å². The van der Waals surface area contributed by atoms with Crippen LogP contribution in [-0.2, 0) is 11.2 Å². The predicted octanol–water partition coefficient (Wildman–Crippen LogP) is 2.64. The molecule has 116 valence electrons. The van der Waals surface area contributed by atoms with Gasteiger partial charge in [0.2, 0.25) is 11.9 Å². The second-order valence-corrected chi connectivity index (χ2v) is 5.07. The first kappa shape index (κ1) is 15.1. The minimum Gasteiger partial charge on any atom is -0.323 e. The lowest BCUT2D eigenvalue weighted by Gasteiger charge is -2.07. The van der Waals surface area contributed by atoms with E-state index in [0.29, 0.717) is 11.6 Å². The molecule has 1 amide bonds. The Bertz CT molecular complexity index is 800. The molecule has 8 heteroatoms. The Morgan fingerprint density at radius 1 is 1.30 bits per heavy atom. The molecule has 3 aromatic rings. The van der Waals surface area contributed by atoms with Crippen LogP contribution in [0.1, 0.15) is 5.56 Å². The number of anilines is 1. The summed E-state index contributed by atoms with van der Waals surface area (Å²) >= 11 is 5.90. The number of nitrogens with zero attached hydrogens (tertiary/aromatic N) is 4. The van der Waals surface area contributed by atoms with Crippen LogP contribution in [0.25, 0.3) is 5.95 Å². The number of hydrogen-bond donors (Lipinski definition) is 1. The summed E-state index contributed by atoms with van der Waals surface area (Å²) in [6.45, 7) is 0. The van der Waals surface area contributed by atoms with Crippen molar-refractivity contribution in [2.24, 2.45) is 0 Å². The number of halogens is 2. The predicted molar refractivity (Wildman–Crippen MR) is 82.9 cm³/mol. The third kappa shape index (κ3) is 3.51. The number of carbonyl (C=O) groups is 1. The number of nitrogens with one attached hydrogen (secondary N) is 1. The van der Waals surface area contributed by atoms with Crippen LogP contribution in [0.5, 0.6) is 0 Å². The molecule has 0 atom stereocenters. The maximum Gasteiger partial charge on any atom is 0.234 e. The van der Waals surface area contributed by atoms with Crippen molar-refractivity contribution < 1.29 is 9.18 Å². The molecule has 23 heavy (non-hydrogen) atoms. The van der Waals surface area contributed by atoms with Gasteiger partial charge in [0.25, 0.3) is 0 Å². The number of amides is 1. The van der Waals surface area contributed by atoms with E-state index in [0.717, 1.165) is 0 Å². The fourth-order valence-electron chi connectivity index (χ4n) is 1.96. The molecule has 0 aliphatic heterocycles. The first-order valence-corrected chi connectivity index (χ1v) is 7.04. The van der Waals surface area contributed by atoms with Crippen LogP contribution in [0.3, 0.4) is 0 Å². The van der Waals surface area contributed by atoms with Crippen molar-refractivity contribution in [3.63, 3.8) is 0 Å². The van der Waals surface area contributed by atoms with Gasteiger partial charge in [-0.25, -0.2) is 19.3 Å². The summed E-state index contributed by atoms with van der Waals surface area (Å²) < 4.78 is 15.3. The van der Waals surface area contributed by atoms with Crippen molar-refractivity contribution in [1.82, 2.24) is 19.5 Å². The number of carbonyl (C=O) groups excluding carboxylic acids is 1. The van der Waals surface area contributed by atoms with Crippen LogP contribution < -0.4 is 5.32 Å². The van der Waals surface area contributed by atoms with Gasteiger partial charge in [0.05, 0.1) is 24.5 Å². The molecule has 0 bridgehead atoms. The smallest absolute Gasteiger partial charge is 0.234 e. The first-order valence-electron chi connectivity index (χ1n) is 6.66. The molecule has 2 aromatic heterocycles. The number of aromatic nitrogens is 4. The van der Waals surface area contributed by atoms with E-state index in [-0.39, 0.29) is 17.0 Å². The molecule has 0 unspecified atom stereocenters. The fourth-order valence-corrected chi connectivity index (χ4v) is 2.19. The highest BCUT2D eigenvalue weighted by Gasteiger charge is 2.12. The Labute approximate surface area is 136 Å². The van der Waals surface area contributed by atoms with Crippen molar-refractivity contribution in [2.45, 2.75) is 6.42 Å². The average Bonchev–Trinajstić information content (AvgIpc) is 3.06. The highest BCUT2D eigenvalue weighted by molar-refractivity contribution is 6.31. The van der Waals surface area contributed by atoms with Crippen molar-refractivity contribution >= 4 is 23.2 Å². The topological polar surface area (TPSA) is 72.7 Å². The summed E-state index contributed by atoms with van der Waals surface area (Å²) in [4.78, 5) is 24.1. The molecular weight excluding hydrogens is 321 g/mol. The Balaban J connectivity index is 1.68. The van der Waals surface area contributed by atoms with Crippen LogP contribution in [0.2, 0.25) is 5.02 Å². The second-order valence-electron chi connectivity index (χ2n) is 4.67. The van der Waals surface area contributed by atoms with E-state index < -0.39 is 11.7 Å². The highest BCUT2D eigenvalue weighted by Crippen LogP contribution is 2.20. The zero-order valence-electron chi connectivity index (χ0n) is 11.8. The summed E-state index contributed by atoms with van der Waals surface area (Å²) in [7, 11) is 0. The summed E-state index contributed by atoms with van der Waals surface area (Å²) in [6.07, 6.45) is 7.62. The van der Waals surface area contributed by atoms with Gasteiger partial charge in [0, 0.05) is 23.0 Å². The van der Waals surface area contributed by atoms with E-state index in [1.165, 1.54) is 30.6 Å². The summed E-state index contributed by atoms with van der Waals surface area (Å²) in [5.74, 6) is -0.493. The molecule has 0 aliphatic rings.